The Hall–Kier alpha value is -2.60. The molecule has 2 aromatic carbocycles. The lowest BCUT2D eigenvalue weighted by Crippen LogP contribution is -2.30. The van der Waals surface area contributed by atoms with E-state index in [2.05, 4.69) is 26.2 Å². The van der Waals surface area contributed by atoms with E-state index < -0.39 is 18.0 Å². The number of hydrogen-bond acceptors (Lipinski definition) is 3. The summed E-state index contributed by atoms with van der Waals surface area (Å²) in [6.07, 6.45) is -0.914. The van der Waals surface area contributed by atoms with Crippen molar-refractivity contribution >= 4 is 44.4 Å². The Bertz CT molecular complexity index is 871. The Kier molecular flexibility index (Phi) is 4.66. The molecular weight excluding hydrogens is 372 g/mol. The number of rotatable bonds is 4. The summed E-state index contributed by atoms with van der Waals surface area (Å²) in [4.78, 5) is 27.3. The molecule has 0 unspecified atom stereocenters. The van der Waals surface area contributed by atoms with Crippen molar-refractivity contribution in [3.63, 3.8) is 0 Å². The van der Waals surface area contributed by atoms with E-state index in [1.165, 1.54) is 6.92 Å². The van der Waals surface area contributed by atoms with Crippen molar-refractivity contribution in [2.75, 3.05) is 5.32 Å². The SMILES string of the molecule is C[C@H](OC(=O)c1cc2ccccc2[nH]1)C(=O)Nc1cccc(Br)c1. The van der Waals surface area contributed by atoms with Gasteiger partial charge in [-0.15, -0.1) is 0 Å². The summed E-state index contributed by atoms with van der Waals surface area (Å²) in [6.45, 7) is 1.54. The standard InChI is InChI=1S/C18H15BrN2O3/c1-11(17(22)20-14-7-4-6-13(19)10-14)24-18(23)16-9-12-5-2-3-8-15(12)21-16/h2-11,21H,1H3,(H,20,22)/t11-/m0/s1. The lowest BCUT2D eigenvalue weighted by Gasteiger charge is -2.13. The Morgan fingerprint density at radius 1 is 1.12 bits per heavy atom. The third-order valence-corrected chi connectivity index (χ3v) is 3.99. The molecule has 2 N–H and O–H groups in total. The van der Waals surface area contributed by atoms with Gasteiger partial charge in [0.2, 0.25) is 0 Å². The number of hydrogen-bond donors (Lipinski definition) is 2. The monoisotopic (exact) mass is 386 g/mol. The number of nitrogens with one attached hydrogen (secondary N) is 2. The predicted molar refractivity (Wildman–Crippen MR) is 95.9 cm³/mol. The van der Waals surface area contributed by atoms with E-state index in [9.17, 15) is 9.59 Å². The lowest BCUT2D eigenvalue weighted by atomic mass is 10.2. The van der Waals surface area contributed by atoms with Gasteiger partial charge < -0.3 is 15.0 Å². The molecule has 0 aliphatic heterocycles. The molecule has 0 saturated heterocycles. The van der Waals surface area contributed by atoms with Crippen LogP contribution in [0.4, 0.5) is 5.69 Å². The number of H-pyrrole nitrogens is 1. The molecule has 0 radical (unpaired) electrons. The second-order valence-electron chi connectivity index (χ2n) is 5.32. The first kappa shape index (κ1) is 16.3. The van der Waals surface area contributed by atoms with Gasteiger partial charge in [-0.1, -0.05) is 40.2 Å². The van der Waals surface area contributed by atoms with Gasteiger partial charge in [0.15, 0.2) is 6.10 Å². The van der Waals surface area contributed by atoms with Gasteiger partial charge in [-0.25, -0.2) is 4.79 Å². The highest BCUT2D eigenvalue weighted by atomic mass is 79.9. The first-order chi connectivity index (χ1) is 11.5. The highest BCUT2D eigenvalue weighted by Gasteiger charge is 2.20. The van der Waals surface area contributed by atoms with Crippen LogP contribution in [0.15, 0.2) is 59.1 Å². The lowest BCUT2D eigenvalue weighted by molar-refractivity contribution is -0.123. The van der Waals surface area contributed by atoms with Crippen LogP contribution >= 0.6 is 15.9 Å². The topological polar surface area (TPSA) is 71.2 Å². The van der Waals surface area contributed by atoms with E-state index in [0.29, 0.717) is 11.4 Å². The maximum Gasteiger partial charge on any atom is 0.355 e. The summed E-state index contributed by atoms with van der Waals surface area (Å²) in [5.41, 5.74) is 1.79. The predicted octanol–water partition coefficient (Wildman–Crippen LogP) is 4.11. The zero-order chi connectivity index (χ0) is 17.1. The molecule has 0 spiro atoms. The van der Waals surface area contributed by atoms with Crippen LogP contribution in [-0.4, -0.2) is 23.0 Å². The quantitative estimate of drug-likeness (QED) is 0.662. The molecular formula is C18H15BrN2O3. The number of para-hydroxylation sites is 1. The highest BCUT2D eigenvalue weighted by molar-refractivity contribution is 9.10. The van der Waals surface area contributed by atoms with E-state index in [-0.39, 0.29) is 0 Å². The third kappa shape index (κ3) is 3.65. The average Bonchev–Trinajstić information content (AvgIpc) is 2.99. The summed E-state index contributed by atoms with van der Waals surface area (Å²) in [6, 6.07) is 16.4. The smallest absolute Gasteiger partial charge is 0.355 e. The first-order valence-corrected chi connectivity index (χ1v) is 8.17. The van der Waals surface area contributed by atoms with Crippen LogP contribution in [0.1, 0.15) is 17.4 Å². The minimum absolute atomic E-state index is 0.318. The van der Waals surface area contributed by atoms with Crippen molar-refractivity contribution in [3.8, 4) is 0 Å². The molecule has 1 atom stereocenters. The van der Waals surface area contributed by atoms with Crippen LogP contribution in [0, 0.1) is 0 Å². The first-order valence-electron chi connectivity index (χ1n) is 7.38. The number of aromatic amines is 1. The molecule has 1 amide bonds. The second kappa shape index (κ2) is 6.88. The number of fused-ring (bicyclic) bond motifs is 1. The zero-order valence-corrected chi connectivity index (χ0v) is 14.5. The van der Waals surface area contributed by atoms with E-state index in [1.54, 1.807) is 24.3 Å². The number of amides is 1. The minimum atomic E-state index is -0.914. The molecule has 3 rings (SSSR count). The van der Waals surface area contributed by atoms with Crippen LogP contribution in [0.3, 0.4) is 0 Å². The van der Waals surface area contributed by atoms with Crippen LogP contribution in [-0.2, 0) is 9.53 Å². The second-order valence-corrected chi connectivity index (χ2v) is 6.23. The summed E-state index contributed by atoms with van der Waals surface area (Å²) in [7, 11) is 0. The van der Waals surface area contributed by atoms with Crippen molar-refractivity contribution in [1.82, 2.24) is 4.98 Å². The number of carbonyl (C=O) groups is 2. The molecule has 1 heterocycles. The molecule has 6 heteroatoms. The molecule has 0 fully saturated rings. The number of benzene rings is 2. The molecule has 0 bridgehead atoms. The van der Waals surface area contributed by atoms with Gasteiger partial charge in [0.25, 0.3) is 5.91 Å². The van der Waals surface area contributed by atoms with Crippen LogP contribution in [0.25, 0.3) is 10.9 Å². The highest BCUT2D eigenvalue weighted by Crippen LogP contribution is 2.17. The molecule has 5 nitrogen and oxygen atoms in total. The molecule has 122 valence electrons. The van der Waals surface area contributed by atoms with Gasteiger partial charge in [-0.2, -0.15) is 0 Å². The molecule has 3 aromatic rings. The van der Waals surface area contributed by atoms with Gasteiger partial charge in [-0.05, 0) is 37.3 Å². The Morgan fingerprint density at radius 2 is 1.92 bits per heavy atom. The van der Waals surface area contributed by atoms with Crippen LogP contribution < -0.4 is 5.32 Å². The maximum absolute atomic E-state index is 12.2. The van der Waals surface area contributed by atoms with E-state index >= 15 is 0 Å². The summed E-state index contributed by atoms with van der Waals surface area (Å²) >= 11 is 3.34. The summed E-state index contributed by atoms with van der Waals surface area (Å²) in [5.74, 6) is -0.958. The number of anilines is 1. The van der Waals surface area contributed by atoms with Crippen molar-refractivity contribution in [1.29, 1.82) is 0 Å². The Balaban J connectivity index is 1.65. The maximum atomic E-state index is 12.2. The van der Waals surface area contributed by atoms with Crippen molar-refractivity contribution in [3.05, 3.63) is 64.8 Å². The Labute approximate surface area is 147 Å². The number of ether oxygens (including phenoxy) is 1. The van der Waals surface area contributed by atoms with Crippen molar-refractivity contribution < 1.29 is 14.3 Å². The molecule has 24 heavy (non-hydrogen) atoms. The van der Waals surface area contributed by atoms with Gasteiger partial charge in [0.1, 0.15) is 5.69 Å². The minimum Gasteiger partial charge on any atom is -0.448 e. The number of halogens is 1. The fraction of sp³-hybridized carbons (Fsp3) is 0.111. The number of carbonyl (C=O) groups excluding carboxylic acids is 2. The van der Waals surface area contributed by atoms with Gasteiger partial charge in [0.05, 0.1) is 0 Å². The van der Waals surface area contributed by atoms with Gasteiger partial charge in [-0.3, -0.25) is 4.79 Å². The molecule has 1 aromatic heterocycles. The van der Waals surface area contributed by atoms with E-state index in [0.717, 1.165) is 15.4 Å². The number of esters is 1. The Morgan fingerprint density at radius 3 is 2.67 bits per heavy atom. The third-order valence-electron chi connectivity index (χ3n) is 3.50. The zero-order valence-electron chi connectivity index (χ0n) is 12.9. The summed E-state index contributed by atoms with van der Waals surface area (Å²) in [5, 5.41) is 3.62. The summed E-state index contributed by atoms with van der Waals surface area (Å²) < 4.78 is 6.09. The normalized spacial score (nSPS) is 11.9. The molecule has 0 aliphatic rings. The van der Waals surface area contributed by atoms with Crippen molar-refractivity contribution in [2.45, 2.75) is 13.0 Å². The molecule has 0 aliphatic carbocycles. The molecule has 0 saturated carbocycles. The van der Waals surface area contributed by atoms with E-state index in [4.69, 9.17) is 4.74 Å². The van der Waals surface area contributed by atoms with E-state index in [1.807, 2.05) is 30.3 Å². The van der Waals surface area contributed by atoms with Crippen LogP contribution in [0.5, 0.6) is 0 Å². The average molecular weight is 387 g/mol. The van der Waals surface area contributed by atoms with Gasteiger partial charge >= 0.3 is 5.97 Å². The van der Waals surface area contributed by atoms with Crippen molar-refractivity contribution in [2.24, 2.45) is 0 Å². The fourth-order valence-corrected chi connectivity index (χ4v) is 2.67. The van der Waals surface area contributed by atoms with Gasteiger partial charge in [0, 0.05) is 21.1 Å². The largest absolute Gasteiger partial charge is 0.448 e. The fourth-order valence-electron chi connectivity index (χ4n) is 2.27. The number of aromatic nitrogens is 1. The van der Waals surface area contributed by atoms with Crippen LogP contribution in [0.2, 0.25) is 0 Å².